The van der Waals surface area contributed by atoms with Crippen LogP contribution in [0.25, 0.3) is 6.08 Å². The number of thioether (sulfide) groups is 1. The van der Waals surface area contributed by atoms with Crippen LogP contribution >= 0.6 is 24.0 Å². The molecule has 0 atom stereocenters. The zero-order valence-electron chi connectivity index (χ0n) is 17.4. The third-order valence-electron chi connectivity index (χ3n) is 4.40. The standard InChI is InChI=1S/C19H16N4O8S2/c1-29-14-6-10(7-15(30-2)17(14)31-3)8-16-18(24)21(19(32)33-16)20-12-5-4-11(22(25)26)9-13(12)23(27)28/h4-9,20H,1-3H3. The number of methoxy groups -OCH3 is 3. The van der Waals surface area contributed by atoms with Gasteiger partial charge in [-0.25, -0.2) is 5.01 Å². The van der Waals surface area contributed by atoms with Crippen LogP contribution in [0.3, 0.4) is 0 Å². The minimum absolute atomic E-state index is 0.0892. The summed E-state index contributed by atoms with van der Waals surface area (Å²) in [5, 5.41) is 23.2. The van der Waals surface area contributed by atoms with Crippen LogP contribution in [-0.2, 0) is 4.79 Å². The van der Waals surface area contributed by atoms with Gasteiger partial charge in [-0.2, -0.15) is 0 Å². The van der Waals surface area contributed by atoms with E-state index in [1.165, 1.54) is 21.3 Å². The molecule has 33 heavy (non-hydrogen) atoms. The summed E-state index contributed by atoms with van der Waals surface area (Å²) >= 11 is 6.21. The number of thiocarbonyl (C=S) groups is 1. The maximum absolute atomic E-state index is 12.9. The molecule has 0 aromatic heterocycles. The Hall–Kier alpha value is -3.91. The zero-order chi connectivity index (χ0) is 24.3. The molecule has 0 spiro atoms. The number of amides is 1. The van der Waals surface area contributed by atoms with Gasteiger partial charge in [-0.3, -0.25) is 30.4 Å². The van der Waals surface area contributed by atoms with E-state index in [4.69, 9.17) is 26.4 Å². The van der Waals surface area contributed by atoms with Crippen LogP contribution in [0.1, 0.15) is 5.56 Å². The predicted molar refractivity (Wildman–Crippen MR) is 124 cm³/mol. The third-order valence-corrected chi connectivity index (χ3v) is 5.70. The summed E-state index contributed by atoms with van der Waals surface area (Å²) in [5.41, 5.74) is 1.98. The molecule has 1 fully saturated rings. The number of anilines is 1. The number of ether oxygens (including phenoxy) is 3. The number of nitrogens with zero attached hydrogens (tertiary/aromatic N) is 3. The van der Waals surface area contributed by atoms with Crippen LogP contribution in [0.4, 0.5) is 17.1 Å². The number of hydrogen-bond donors (Lipinski definition) is 1. The largest absolute Gasteiger partial charge is 0.493 e. The van der Waals surface area contributed by atoms with E-state index in [0.717, 1.165) is 35.0 Å². The average Bonchev–Trinajstić information content (AvgIpc) is 3.05. The average molecular weight is 492 g/mol. The number of benzene rings is 2. The fourth-order valence-corrected chi connectivity index (χ4v) is 4.08. The van der Waals surface area contributed by atoms with Crippen LogP contribution in [0, 0.1) is 20.2 Å². The van der Waals surface area contributed by atoms with Gasteiger partial charge in [0.15, 0.2) is 15.8 Å². The van der Waals surface area contributed by atoms with Crippen molar-refractivity contribution in [1.82, 2.24) is 5.01 Å². The molecule has 1 saturated heterocycles. The highest BCUT2D eigenvalue weighted by Gasteiger charge is 2.34. The second-order valence-corrected chi connectivity index (χ2v) is 7.98. The van der Waals surface area contributed by atoms with Crippen molar-refractivity contribution in [3.63, 3.8) is 0 Å². The molecule has 172 valence electrons. The van der Waals surface area contributed by atoms with Crippen molar-refractivity contribution in [2.45, 2.75) is 0 Å². The number of nitro groups is 2. The van der Waals surface area contributed by atoms with E-state index in [-0.39, 0.29) is 14.9 Å². The minimum Gasteiger partial charge on any atom is -0.493 e. The lowest BCUT2D eigenvalue weighted by Crippen LogP contribution is -2.34. The van der Waals surface area contributed by atoms with E-state index in [9.17, 15) is 25.0 Å². The SMILES string of the molecule is COc1cc(C=C2SC(=S)N(Nc3ccc([N+](=O)[O-])cc3[N+](=O)[O-])C2=O)cc(OC)c1OC. The van der Waals surface area contributed by atoms with Crippen LogP contribution in [0.15, 0.2) is 35.2 Å². The van der Waals surface area contributed by atoms with Gasteiger partial charge in [0.2, 0.25) is 5.75 Å². The first-order chi connectivity index (χ1) is 15.7. The van der Waals surface area contributed by atoms with Gasteiger partial charge in [-0.1, -0.05) is 11.8 Å². The summed E-state index contributed by atoms with van der Waals surface area (Å²) in [6.07, 6.45) is 1.55. The van der Waals surface area contributed by atoms with Crippen LogP contribution in [0.5, 0.6) is 17.2 Å². The lowest BCUT2D eigenvalue weighted by atomic mass is 10.1. The quantitative estimate of drug-likeness (QED) is 0.249. The smallest absolute Gasteiger partial charge is 0.300 e. The van der Waals surface area contributed by atoms with Gasteiger partial charge in [0, 0.05) is 6.07 Å². The number of nitrogens with one attached hydrogen (secondary N) is 1. The predicted octanol–water partition coefficient (Wildman–Crippen LogP) is 3.76. The summed E-state index contributed by atoms with van der Waals surface area (Å²) < 4.78 is 16.0. The van der Waals surface area contributed by atoms with Gasteiger partial charge in [-0.15, -0.1) is 0 Å². The Morgan fingerprint density at radius 1 is 1.03 bits per heavy atom. The topological polar surface area (TPSA) is 146 Å². The van der Waals surface area contributed by atoms with Crippen molar-refractivity contribution in [2.75, 3.05) is 26.8 Å². The number of carbonyl (C=O) groups excluding carboxylic acids is 1. The molecule has 3 rings (SSSR count). The Balaban J connectivity index is 1.93. The van der Waals surface area contributed by atoms with E-state index in [1.807, 2.05) is 0 Å². The highest BCUT2D eigenvalue weighted by Crippen LogP contribution is 2.40. The molecular formula is C19H16N4O8S2. The van der Waals surface area contributed by atoms with E-state index in [0.29, 0.717) is 22.8 Å². The summed E-state index contributed by atoms with van der Waals surface area (Å²) in [7, 11) is 4.39. The van der Waals surface area contributed by atoms with Gasteiger partial charge < -0.3 is 14.2 Å². The van der Waals surface area contributed by atoms with Gasteiger partial charge in [0.25, 0.3) is 11.6 Å². The molecule has 1 aliphatic rings. The molecule has 14 heteroatoms. The lowest BCUT2D eigenvalue weighted by Gasteiger charge is -2.16. The Morgan fingerprint density at radius 3 is 2.18 bits per heavy atom. The number of nitro benzene ring substituents is 2. The molecule has 1 heterocycles. The molecule has 1 amide bonds. The molecule has 0 saturated carbocycles. The van der Waals surface area contributed by atoms with E-state index in [1.54, 1.807) is 18.2 Å². The van der Waals surface area contributed by atoms with Crippen molar-refractivity contribution < 1.29 is 28.9 Å². The van der Waals surface area contributed by atoms with Crippen molar-refractivity contribution in [3.05, 3.63) is 61.0 Å². The van der Waals surface area contributed by atoms with Crippen molar-refractivity contribution >= 4 is 57.3 Å². The second-order valence-electron chi connectivity index (χ2n) is 6.30. The minimum atomic E-state index is -0.793. The molecule has 1 aliphatic heterocycles. The van der Waals surface area contributed by atoms with Gasteiger partial charge in [0.05, 0.1) is 42.1 Å². The zero-order valence-corrected chi connectivity index (χ0v) is 19.0. The first kappa shape index (κ1) is 23.7. The molecule has 0 radical (unpaired) electrons. The highest BCUT2D eigenvalue weighted by molar-refractivity contribution is 8.26. The highest BCUT2D eigenvalue weighted by atomic mass is 32.2. The van der Waals surface area contributed by atoms with E-state index >= 15 is 0 Å². The van der Waals surface area contributed by atoms with Gasteiger partial charge in [-0.05, 0) is 42.1 Å². The Labute approximate surface area is 196 Å². The number of hydrogen-bond acceptors (Lipinski definition) is 11. The fourth-order valence-electron chi connectivity index (χ4n) is 2.90. The Bertz CT molecular complexity index is 1180. The van der Waals surface area contributed by atoms with Gasteiger partial charge >= 0.3 is 5.69 Å². The second kappa shape index (κ2) is 9.70. The Kier molecular flexibility index (Phi) is 6.98. The molecule has 0 unspecified atom stereocenters. The van der Waals surface area contributed by atoms with Crippen LogP contribution < -0.4 is 19.6 Å². The lowest BCUT2D eigenvalue weighted by molar-refractivity contribution is -0.393. The normalized spacial score (nSPS) is 14.4. The number of carbonyl (C=O) groups is 1. The third kappa shape index (κ3) is 4.80. The monoisotopic (exact) mass is 492 g/mol. The van der Waals surface area contributed by atoms with Crippen molar-refractivity contribution in [2.24, 2.45) is 0 Å². The maximum atomic E-state index is 12.9. The van der Waals surface area contributed by atoms with Crippen LogP contribution in [-0.4, -0.2) is 46.4 Å². The van der Waals surface area contributed by atoms with Gasteiger partial charge in [0.1, 0.15) is 5.69 Å². The molecule has 2 aromatic rings. The summed E-state index contributed by atoms with van der Waals surface area (Å²) in [6, 6.07) is 6.30. The van der Waals surface area contributed by atoms with Crippen molar-refractivity contribution in [1.29, 1.82) is 0 Å². The molecule has 0 aliphatic carbocycles. The summed E-state index contributed by atoms with van der Waals surface area (Å²) in [5.74, 6) is 0.597. The molecule has 0 bridgehead atoms. The first-order valence-electron chi connectivity index (χ1n) is 8.97. The Morgan fingerprint density at radius 2 is 1.67 bits per heavy atom. The number of hydrazine groups is 1. The summed E-state index contributed by atoms with van der Waals surface area (Å²) in [4.78, 5) is 33.9. The fraction of sp³-hybridized carbons (Fsp3) is 0.158. The number of rotatable bonds is 8. The first-order valence-corrected chi connectivity index (χ1v) is 10.2. The number of non-ortho nitro benzene ring substituents is 1. The maximum Gasteiger partial charge on any atom is 0.300 e. The molecule has 2 aromatic carbocycles. The summed E-state index contributed by atoms with van der Waals surface area (Å²) in [6.45, 7) is 0. The van der Waals surface area contributed by atoms with E-state index < -0.39 is 27.1 Å². The molecule has 1 N–H and O–H groups in total. The molecular weight excluding hydrogens is 476 g/mol. The van der Waals surface area contributed by atoms with Crippen molar-refractivity contribution in [3.8, 4) is 17.2 Å². The van der Waals surface area contributed by atoms with E-state index in [2.05, 4.69) is 5.43 Å². The molecule has 12 nitrogen and oxygen atoms in total. The van der Waals surface area contributed by atoms with Crippen LogP contribution in [0.2, 0.25) is 0 Å².